The summed E-state index contributed by atoms with van der Waals surface area (Å²) in [6, 6.07) is 1.60. The number of allylic oxidation sites excluding steroid dienone is 4. The van der Waals surface area contributed by atoms with Crippen LogP contribution in [-0.2, 0) is 9.53 Å². The van der Waals surface area contributed by atoms with E-state index in [4.69, 9.17) is 0 Å². The minimum atomic E-state index is -4.35. The van der Waals surface area contributed by atoms with Crippen LogP contribution >= 0.6 is 0 Å². The first-order valence-corrected chi connectivity index (χ1v) is 11.1. The van der Waals surface area contributed by atoms with E-state index in [1.165, 1.54) is 24.8 Å². The lowest BCUT2D eigenvalue weighted by molar-refractivity contribution is -0.0939. The van der Waals surface area contributed by atoms with Gasteiger partial charge in [-0.05, 0) is 37.5 Å². The SMILES string of the molecule is CCS(C)(=O)(O)Nc1cncc(-c2ncc(C3=CCCC(C(F)(F)F)=C3)[nH]2)c1. The van der Waals surface area contributed by atoms with Crippen molar-refractivity contribution < 1.29 is 21.9 Å². The van der Waals surface area contributed by atoms with Crippen LogP contribution in [0.1, 0.15) is 25.5 Å². The van der Waals surface area contributed by atoms with E-state index in [1.807, 2.05) is 0 Å². The van der Waals surface area contributed by atoms with Crippen LogP contribution in [0.3, 0.4) is 0 Å². The maximum atomic E-state index is 13.0. The fourth-order valence-corrected chi connectivity index (χ4v) is 3.59. The summed E-state index contributed by atoms with van der Waals surface area (Å²) in [6.07, 6.45) is 4.39. The fraction of sp³-hybridized carbons (Fsp3) is 0.333. The Labute approximate surface area is 160 Å². The number of hydrogen-bond donors (Lipinski definition) is 3. The summed E-state index contributed by atoms with van der Waals surface area (Å²) >= 11 is 0. The first kappa shape index (κ1) is 20.3. The first-order valence-electron chi connectivity index (χ1n) is 8.59. The van der Waals surface area contributed by atoms with E-state index in [0.717, 1.165) is 6.08 Å². The Balaban J connectivity index is 1.87. The Morgan fingerprint density at radius 2 is 2.07 bits per heavy atom. The second kappa shape index (κ2) is 6.85. The van der Waals surface area contributed by atoms with E-state index in [-0.39, 0.29) is 12.2 Å². The number of hydrogen-bond acceptors (Lipinski definition) is 3. The van der Waals surface area contributed by atoms with Gasteiger partial charge in [0.05, 0.1) is 23.8 Å². The number of H-pyrrole nitrogens is 1. The largest absolute Gasteiger partial charge is 0.412 e. The van der Waals surface area contributed by atoms with Crippen LogP contribution in [0.15, 0.2) is 42.4 Å². The van der Waals surface area contributed by atoms with Gasteiger partial charge in [0, 0.05) is 29.3 Å². The van der Waals surface area contributed by atoms with Gasteiger partial charge in [-0.25, -0.2) is 4.98 Å². The molecule has 1 aliphatic carbocycles. The lowest BCUT2D eigenvalue weighted by Gasteiger charge is -2.39. The van der Waals surface area contributed by atoms with Crippen molar-refractivity contribution in [2.24, 2.45) is 0 Å². The van der Waals surface area contributed by atoms with Crippen molar-refractivity contribution in [3.63, 3.8) is 0 Å². The monoisotopic (exact) mass is 414 g/mol. The molecule has 0 aromatic carbocycles. The molecule has 0 bridgehead atoms. The molecule has 0 radical (unpaired) electrons. The van der Waals surface area contributed by atoms with Gasteiger partial charge < -0.3 is 4.98 Å². The standard InChI is InChI=1S/C18H21F3N4O2S/c1-3-28(2,26,27)25-15-8-13(9-22-10-15)17-23-11-16(24-17)12-5-4-6-14(7-12)18(19,20)21/h5,7-11H,3-4,6H2,1-2H3,(H,23,24)(H2,25,26,27). The predicted octanol–water partition coefficient (Wildman–Crippen LogP) is 4.41. The van der Waals surface area contributed by atoms with Crippen LogP contribution < -0.4 is 4.72 Å². The Morgan fingerprint density at radius 3 is 2.75 bits per heavy atom. The minimum Gasteiger partial charge on any atom is -0.338 e. The number of aromatic nitrogens is 3. The zero-order chi connectivity index (χ0) is 20.6. The number of anilines is 1. The van der Waals surface area contributed by atoms with E-state index in [2.05, 4.69) is 19.7 Å². The fourth-order valence-electron chi connectivity index (χ4n) is 2.73. The molecular weight excluding hydrogens is 393 g/mol. The maximum Gasteiger partial charge on any atom is 0.412 e. The lowest BCUT2D eigenvalue weighted by atomic mass is 9.97. The van der Waals surface area contributed by atoms with Gasteiger partial charge in [-0.1, -0.05) is 6.08 Å². The summed E-state index contributed by atoms with van der Waals surface area (Å²) < 4.78 is 64.0. The highest BCUT2D eigenvalue weighted by Crippen LogP contribution is 2.35. The summed E-state index contributed by atoms with van der Waals surface area (Å²) in [6.45, 7) is 1.60. The molecule has 0 fully saturated rings. The predicted molar refractivity (Wildman–Crippen MR) is 104 cm³/mol. The normalized spacial score (nSPS) is 16.7. The Hall–Kier alpha value is -2.46. The molecular formula is C18H21F3N4O2S. The molecule has 0 unspecified atom stereocenters. The number of nitrogens with zero attached hydrogens (tertiary/aromatic N) is 2. The Kier molecular flexibility index (Phi) is 4.96. The summed E-state index contributed by atoms with van der Waals surface area (Å²) in [5, 5.41) is 0. The van der Waals surface area contributed by atoms with Crippen LogP contribution in [0, 0.1) is 0 Å². The Morgan fingerprint density at radius 1 is 1.32 bits per heavy atom. The number of pyridine rings is 1. The molecule has 10 heteroatoms. The molecule has 2 heterocycles. The van der Waals surface area contributed by atoms with Gasteiger partial charge in [-0.3, -0.25) is 14.3 Å². The second-order valence-electron chi connectivity index (χ2n) is 6.85. The second-order valence-corrected chi connectivity index (χ2v) is 10.6. The van der Waals surface area contributed by atoms with E-state index in [1.54, 1.807) is 19.1 Å². The highest BCUT2D eigenvalue weighted by atomic mass is 32.3. The van der Waals surface area contributed by atoms with Crippen LogP contribution in [0.2, 0.25) is 0 Å². The third kappa shape index (κ3) is 4.68. The molecule has 2 aromatic rings. The number of alkyl halides is 3. The van der Waals surface area contributed by atoms with Crippen molar-refractivity contribution in [3.8, 4) is 11.4 Å². The average molecular weight is 414 g/mol. The quantitative estimate of drug-likeness (QED) is 0.676. The number of rotatable bonds is 5. The number of halogens is 3. The van der Waals surface area contributed by atoms with Gasteiger partial charge in [-0.15, -0.1) is 9.53 Å². The molecule has 3 N–H and O–H groups in total. The van der Waals surface area contributed by atoms with Gasteiger partial charge in [0.2, 0.25) is 0 Å². The van der Waals surface area contributed by atoms with Crippen molar-refractivity contribution in [1.82, 2.24) is 15.0 Å². The molecule has 2 aromatic heterocycles. The third-order valence-electron chi connectivity index (χ3n) is 4.43. The van der Waals surface area contributed by atoms with Crippen molar-refractivity contribution in [1.29, 1.82) is 0 Å². The van der Waals surface area contributed by atoms with E-state index in [9.17, 15) is 21.9 Å². The summed E-state index contributed by atoms with van der Waals surface area (Å²) in [5.41, 5.74) is 1.20. The van der Waals surface area contributed by atoms with Crippen molar-refractivity contribution in [2.45, 2.75) is 25.9 Å². The molecule has 3 rings (SSSR count). The van der Waals surface area contributed by atoms with Gasteiger partial charge >= 0.3 is 6.18 Å². The van der Waals surface area contributed by atoms with E-state index in [0.29, 0.717) is 34.8 Å². The van der Waals surface area contributed by atoms with Crippen LogP contribution in [0.5, 0.6) is 0 Å². The smallest absolute Gasteiger partial charge is 0.338 e. The summed E-state index contributed by atoms with van der Waals surface area (Å²) in [5.74, 6) is 0.419. The molecule has 0 saturated heterocycles. The Bertz CT molecular complexity index is 1020. The molecule has 28 heavy (non-hydrogen) atoms. The van der Waals surface area contributed by atoms with Gasteiger partial charge in [0.1, 0.15) is 5.82 Å². The summed E-state index contributed by atoms with van der Waals surface area (Å²) in [4.78, 5) is 11.3. The van der Waals surface area contributed by atoms with E-state index >= 15 is 0 Å². The number of imidazole rings is 1. The topological polar surface area (TPSA) is 90.9 Å². The number of aromatic amines is 1. The highest BCUT2D eigenvalue weighted by molar-refractivity contribution is 8.15. The lowest BCUT2D eigenvalue weighted by Crippen LogP contribution is -2.41. The number of nitrogens with one attached hydrogen (secondary N) is 2. The zero-order valence-electron chi connectivity index (χ0n) is 15.4. The molecule has 0 atom stereocenters. The van der Waals surface area contributed by atoms with Gasteiger partial charge in [-0.2, -0.15) is 17.4 Å². The van der Waals surface area contributed by atoms with Crippen LogP contribution in [0.4, 0.5) is 18.9 Å². The maximum absolute atomic E-state index is 13.0. The summed E-state index contributed by atoms with van der Waals surface area (Å²) in [7, 11) is -4.00. The third-order valence-corrected chi connectivity index (χ3v) is 6.55. The van der Waals surface area contributed by atoms with Crippen molar-refractivity contribution >= 4 is 20.8 Å². The molecule has 0 amide bonds. The van der Waals surface area contributed by atoms with E-state index < -0.39 is 21.3 Å². The van der Waals surface area contributed by atoms with Crippen molar-refractivity contribution in [2.75, 3.05) is 16.7 Å². The van der Waals surface area contributed by atoms with Gasteiger partial charge in [0.25, 0.3) is 0 Å². The molecule has 1 aliphatic rings. The van der Waals surface area contributed by atoms with Crippen molar-refractivity contribution in [3.05, 3.63) is 48.1 Å². The molecule has 6 nitrogen and oxygen atoms in total. The molecule has 152 valence electrons. The zero-order valence-corrected chi connectivity index (χ0v) is 16.2. The molecule has 0 aliphatic heterocycles. The molecule has 0 spiro atoms. The molecule has 0 saturated carbocycles. The van der Waals surface area contributed by atoms with Gasteiger partial charge in [0.15, 0.2) is 0 Å². The van der Waals surface area contributed by atoms with Crippen LogP contribution in [0.25, 0.3) is 17.0 Å². The average Bonchev–Trinajstić information content (AvgIpc) is 3.11. The minimum absolute atomic E-state index is 0.0222. The van der Waals surface area contributed by atoms with Crippen LogP contribution in [-0.4, -0.2) is 41.9 Å². The first-order chi connectivity index (χ1) is 12.9. The highest BCUT2D eigenvalue weighted by Gasteiger charge is 2.34.